The first-order valence-corrected chi connectivity index (χ1v) is 7.03. The Labute approximate surface area is 124 Å². The second kappa shape index (κ2) is 6.11. The minimum Gasteiger partial charge on any atom is -0.468 e. The fourth-order valence-electron chi connectivity index (χ4n) is 2.39. The molecule has 0 N–H and O–H groups in total. The molecule has 2 heterocycles. The summed E-state index contributed by atoms with van der Waals surface area (Å²) in [5, 5.41) is 4.00. The van der Waals surface area contributed by atoms with Gasteiger partial charge in [-0.25, -0.2) is 0 Å². The Bertz CT molecular complexity index is 495. The first-order chi connectivity index (χ1) is 9.85. The van der Waals surface area contributed by atoms with Crippen molar-refractivity contribution in [2.75, 3.05) is 20.8 Å². The molecule has 2 rings (SSSR count). The monoisotopic (exact) mass is 297 g/mol. The topological polar surface area (TPSA) is 77.7 Å². The highest BCUT2D eigenvalue weighted by Gasteiger charge is 2.38. The van der Waals surface area contributed by atoms with Crippen molar-refractivity contribution in [3.63, 3.8) is 0 Å². The summed E-state index contributed by atoms with van der Waals surface area (Å²) >= 11 is 0. The molecule has 0 unspecified atom stereocenters. The molecule has 0 aliphatic carbocycles. The van der Waals surface area contributed by atoms with Gasteiger partial charge in [-0.05, 0) is 0 Å². The summed E-state index contributed by atoms with van der Waals surface area (Å²) in [7, 11) is 3.04. The van der Waals surface area contributed by atoms with Crippen molar-refractivity contribution in [2.24, 2.45) is 0 Å². The van der Waals surface area contributed by atoms with Crippen LogP contribution in [0.15, 0.2) is 4.52 Å². The van der Waals surface area contributed by atoms with Gasteiger partial charge in [0.05, 0.1) is 19.8 Å². The standard InChI is InChI=1S/C14H23N3O4/c1-14(2,3)13-15-11(16-21-13)8-17-7-9(19-4)6-10(17)12(18)20-5/h9-10H,6-8H2,1-5H3/t9-,10+/m0/s1. The highest BCUT2D eigenvalue weighted by Crippen LogP contribution is 2.24. The number of aromatic nitrogens is 2. The van der Waals surface area contributed by atoms with Gasteiger partial charge < -0.3 is 14.0 Å². The largest absolute Gasteiger partial charge is 0.468 e. The molecular formula is C14H23N3O4. The van der Waals surface area contributed by atoms with Gasteiger partial charge in [0.1, 0.15) is 6.04 Å². The van der Waals surface area contributed by atoms with Gasteiger partial charge in [0.25, 0.3) is 0 Å². The molecule has 0 radical (unpaired) electrons. The lowest BCUT2D eigenvalue weighted by molar-refractivity contribution is -0.146. The summed E-state index contributed by atoms with van der Waals surface area (Å²) in [6.07, 6.45) is 0.635. The maximum Gasteiger partial charge on any atom is 0.323 e. The van der Waals surface area contributed by atoms with Crippen molar-refractivity contribution in [1.29, 1.82) is 0 Å². The molecule has 118 valence electrons. The lowest BCUT2D eigenvalue weighted by Gasteiger charge is -2.20. The summed E-state index contributed by atoms with van der Waals surface area (Å²) in [6.45, 7) is 7.13. The average Bonchev–Trinajstić information content (AvgIpc) is 3.04. The van der Waals surface area contributed by atoms with E-state index in [-0.39, 0.29) is 23.5 Å². The molecule has 7 nitrogen and oxygen atoms in total. The van der Waals surface area contributed by atoms with Crippen molar-refractivity contribution in [3.8, 4) is 0 Å². The number of methoxy groups -OCH3 is 2. The maximum atomic E-state index is 11.9. The Balaban J connectivity index is 2.09. The fourth-order valence-corrected chi connectivity index (χ4v) is 2.39. The van der Waals surface area contributed by atoms with Crippen LogP contribution in [0.25, 0.3) is 0 Å². The summed E-state index contributed by atoms with van der Waals surface area (Å²) in [6, 6.07) is -0.323. The van der Waals surface area contributed by atoms with Crippen molar-refractivity contribution in [3.05, 3.63) is 11.7 Å². The molecule has 1 fully saturated rings. The zero-order valence-corrected chi connectivity index (χ0v) is 13.3. The smallest absolute Gasteiger partial charge is 0.323 e. The predicted molar refractivity (Wildman–Crippen MR) is 74.6 cm³/mol. The molecule has 1 aliphatic heterocycles. The number of nitrogens with zero attached hydrogens (tertiary/aromatic N) is 3. The van der Waals surface area contributed by atoms with E-state index >= 15 is 0 Å². The van der Waals surface area contributed by atoms with E-state index in [1.54, 1.807) is 7.11 Å². The van der Waals surface area contributed by atoms with Gasteiger partial charge >= 0.3 is 5.97 Å². The first kappa shape index (κ1) is 15.9. The van der Waals surface area contributed by atoms with E-state index in [1.165, 1.54) is 7.11 Å². The van der Waals surface area contributed by atoms with Crippen molar-refractivity contribution >= 4 is 5.97 Å². The van der Waals surface area contributed by atoms with E-state index in [0.717, 1.165) is 0 Å². The lowest BCUT2D eigenvalue weighted by atomic mass is 9.97. The molecule has 1 saturated heterocycles. The van der Waals surface area contributed by atoms with E-state index < -0.39 is 0 Å². The van der Waals surface area contributed by atoms with Crippen LogP contribution in [-0.2, 0) is 26.2 Å². The van der Waals surface area contributed by atoms with Crippen molar-refractivity contribution in [1.82, 2.24) is 15.0 Å². The molecule has 0 bridgehead atoms. The number of likely N-dealkylation sites (tertiary alicyclic amines) is 1. The Hall–Kier alpha value is -1.47. The fraction of sp³-hybridized carbons (Fsp3) is 0.786. The predicted octanol–water partition coefficient (Wildman–Crippen LogP) is 1.13. The van der Waals surface area contributed by atoms with Gasteiger partial charge in [0, 0.05) is 25.5 Å². The quantitative estimate of drug-likeness (QED) is 0.771. The first-order valence-electron chi connectivity index (χ1n) is 7.03. The Morgan fingerprint density at radius 3 is 2.67 bits per heavy atom. The minimum atomic E-state index is -0.323. The molecule has 21 heavy (non-hydrogen) atoms. The third kappa shape index (κ3) is 3.59. The Morgan fingerprint density at radius 1 is 1.43 bits per heavy atom. The van der Waals surface area contributed by atoms with Crippen LogP contribution in [0.5, 0.6) is 0 Å². The highest BCUT2D eigenvalue weighted by atomic mass is 16.5. The molecular weight excluding hydrogens is 274 g/mol. The molecule has 7 heteroatoms. The number of carbonyl (C=O) groups excluding carboxylic acids is 1. The molecule has 0 amide bonds. The van der Waals surface area contributed by atoms with Gasteiger partial charge in [-0.15, -0.1) is 0 Å². The molecule has 0 saturated carbocycles. The number of carbonyl (C=O) groups is 1. The molecule has 1 aromatic rings. The van der Waals surface area contributed by atoms with Crippen LogP contribution >= 0.6 is 0 Å². The second-order valence-corrected chi connectivity index (χ2v) is 6.33. The van der Waals surface area contributed by atoms with Crippen LogP contribution in [-0.4, -0.2) is 53.9 Å². The zero-order valence-electron chi connectivity index (χ0n) is 13.3. The number of rotatable bonds is 4. The number of hydrogen-bond donors (Lipinski definition) is 0. The van der Waals surface area contributed by atoms with Crippen LogP contribution in [0.4, 0.5) is 0 Å². The van der Waals surface area contributed by atoms with E-state index in [1.807, 2.05) is 25.7 Å². The molecule has 0 spiro atoms. The van der Waals surface area contributed by atoms with Crippen LogP contribution in [0.1, 0.15) is 38.9 Å². The van der Waals surface area contributed by atoms with Crippen molar-refractivity contribution < 1.29 is 18.8 Å². The zero-order chi connectivity index (χ0) is 15.6. The van der Waals surface area contributed by atoms with E-state index in [4.69, 9.17) is 14.0 Å². The molecule has 0 aromatic carbocycles. The SMILES string of the molecule is COC(=O)[C@H]1C[C@H](OC)CN1Cc1noc(C(C)(C)C)n1. The average molecular weight is 297 g/mol. The van der Waals surface area contributed by atoms with Gasteiger partial charge in [-0.2, -0.15) is 4.98 Å². The minimum absolute atomic E-state index is 0.0167. The summed E-state index contributed by atoms with van der Waals surface area (Å²) in [4.78, 5) is 18.2. The van der Waals surface area contributed by atoms with Gasteiger partial charge in [0.15, 0.2) is 5.82 Å². The Kier molecular flexibility index (Phi) is 4.63. The normalized spacial score (nSPS) is 23.5. The van der Waals surface area contributed by atoms with Gasteiger partial charge in [-0.3, -0.25) is 9.69 Å². The third-order valence-corrected chi connectivity index (χ3v) is 3.63. The lowest BCUT2D eigenvalue weighted by Crippen LogP contribution is -2.36. The summed E-state index contributed by atoms with van der Waals surface area (Å²) < 4.78 is 15.5. The van der Waals surface area contributed by atoms with E-state index in [2.05, 4.69) is 10.1 Å². The van der Waals surface area contributed by atoms with Gasteiger partial charge in [-0.1, -0.05) is 25.9 Å². The van der Waals surface area contributed by atoms with Crippen LogP contribution < -0.4 is 0 Å². The molecule has 2 atom stereocenters. The van der Waals surface area contributed by atoms with Crippen LogP contribution in [0.3, 0.4) is 0 Å². The molecule has 1 aliphatic rings. The van der Waals surface area contributed by atoms with E-state index in [9.17, 15) is 4.79 Å². The van der Waals surface area contributed by atoms with E-state index in [0.29, 0.717) is 31.2 Å². The van der Waals surface area contributed by atoms with Crippen LogP contribution in [0, 0.1) is 0 Å². The highest BCUT2D eigenvalue weighted by molar-refractivity contribution is 5.76. The molecule has 1 aromatic heterocycles. The number of esters is 1. The summed E-state index contributed by atoms with van der Waals surface area (Å²) in [5.74, 6) is 0.911. The number of ether oxygens (including phenoxy) is 2. The van der Waals surface area contributed by atoms with Crippen LogP contribution in [0.2, 0.25) is 0 Å². The van der Waals surface area contributed by atoms with Crippen molar-refractivity contribution in [2.45, 2.75) is 51.3 Å². The summed E-state index contributed by atoms with van der Waals surface area (Å²) in [5.41, 5.74) is -0.187. The maximum absolute atomic E-state index is 11.9. The number of hydrogen-bond acceptors (Lipinski definition) is 7. The third-order valence-electron chi connectivity index (χ3n) is 3.63. The van der Waals surface area contributed by atoms with Gasteiger partial charge in [0.2, 0.25) is 5.89 Å². The second-order valence-electron chi connectivity index (χ2n) is 6.33. The Morgan fingerprint density at radius 2 is 2.14 bits per heavy atom.